The highest BCUT2D eigenvalue weighted by atomic mass is 32.2. The molecule has 202 valence electrons. The molecular weight excluding hydrogens is 502 g/mol. The Bertz CT molecular complexity index is 1270. The molecule has 2 amide bonds. The molecule has 3 rings (SSSR count). The Labute approximate surface area is 224 Å². The molecule has 0 radical (unpaired) electrons. The van der Waals surface area contributed by atoms with Crippen LogP contribution in [0.1, 0.15) is 42.5 Å². The summed E-state index contributed by atoms with van der Waals surface area (Å²) in [5.41, 5.74) is 2.40. The van der Waals surface area contributed by atoms with Crippen molar-refractivity contribution in [2.45, 2.75) is 43.7 Å². The van der Waals surface area contributed by atoms with E-state index in [9.17, 15) is 18.0 Å². The van der Waals surface area contributed by atoms with E-state index in [1.54, 1.807) is 24.0 Å². The molecule has 0 spiro atoms. The predicted octanol–water partition coefficient (Wildman–Crippen LogP) is 3.19. The molecule has 0 aromatic heterocycles. The highest BCUT2D eigenvalue weighted by molar-refractivity contribution is 7.89. The van der Waals surface area contributed by atoms with Crippen molar-refractivity contribution in [1.29, 1.82) is 0 Å². The number of aliphatic hydroxyl groups is 1. The fraction of sp³-hybridized carbons (Fsp3) is 0.310. The molecule has 0 heterocycles. The number of carbonyl (C=O) groups excluding carboxylic acids is 2. The van der Waals surface area contributed by atoms with E-state index in [4.69, 9.17) is 5.11 Å². The first kappa shape index (κ1) is 29.0. The van der Waals surface area contributed by atoms with Crippen molar-refractivity contribution >= 4 is 21.8 Å². The number of aliphatic hydroxyl groups excluding tert-OH is 1. The van der Waals surface area contributed by atoms with Crippen LogP contribution in [0.4, 0.5) is 0 Å². The lowest BCUT2D eigenvalue weighted by Crippen LogP contribution is -2.43. The minimum atomic E-state index is -3.55. The Morgan fingerprint density at radius 1 is 0.895 bits per heavy atom. The summed E-state index contributed by atoms with van der Waals surface area (Å²) in [4.78, 5) is 28.8. The molecule has 3 N–H and O–H groups in total. The molecule has 3 aromatic rings. The van der Waals surface area contributed by atoms with Crippen LogP contribution in [-0.2, 0) is 32.6 Å². The number of benzene rings is 3. The third-order valence-electron chi connectivity index (χ3n) is 6.02. The summed E-state index contributed by atoms with van der Waals surface area (Å²) in [6, 6.07) is 24.3. The first-order valence-electron chi connectivity index (χ1n) is 12.7. The van der Waals surface area contributed by atoms with Gasteiger partial charge in [-0.25, -0.2) is 13.1 Å². The molecule has 0 bridgehead atoms. The van der Waals surface area contributed by atoms with Gasteiger partial charge in [-0.1, -0.05) is 79.7 Å². The van der Waals surface area contributed by atoms with Crippen molar-refractivity contribution in [2.24, 2.45) is 0 Å². The first-order valence-corrected chi connectivity index (χ1v) is 14.2. The molecule has 9 heteroatoms. The number of nitrogens with zero attached hydrogens (tertiary/aromatic N) is 1. The van der Waals surface area contributed by atoms with Gasteiger partial charge in [0.2, 0.25) is 21.8 Å². The zero-order valence-corrected chi connectivity index (χ0v) is 22.4. The van der Waals surface area contributed by atoms with Gasteiger partial charge in [-0.3, -0.25) is 9.59 Å². The van der Waals surface area contributed by atoms with Crippen molar-refractivity contribution < 1.29 is 23.1 Å². The van der Waals surface area contributed by atoms with E-state index in [2.05, 4.69) is 10.0 Å². The monoisotopic (exact) mass is 537 g/mol. The fourth-order valence-corrected chi connectivity index (χ4v) is 5.14. The zero-order valence-electron chi connectivity index (χ0n) is 21.5. The van der Waals surface area contributed by atoms with Crippen LogP contribution >= 0.6 is 0 Å². The lowest BCUT2D eigenvalue weighted by Gasteiger charge is -2.32. The number of nitrogens with one attached hydrogen (secondary N) is 2. The maximum atomic E-state index is 13.7. The number of hydrogen-bond acceptors (Lipinski definition) is 5. The Morgan fingerprint density at radius 3 is 2.13 bits per heavy atom. The van der Waals surface area contributed by atoms with Crippen LogP contribution in [0.25, 0.3) is 0 Å². The lowest BCUT2D eigenvalue weighted by molar-refractivity contribution is -0.141. The third-order valence-corrected chi connectivity index (χ3v) is 7.58. The lowest BCUT2D eigenvalue weighted by atomic mass is 10.0. The van der Waals surface area contributed by atoms with E-state index in [-0.39, 0.29) is 36.3 Å². The summed E-state index contributed by atoms with van der Waals surface area (Å²) in [6.07, 6.45) is 0.943. The molecule has 0 fully saturated rings. The van der Waals surface area contributed by atoms with Gasteiger partial charge in [0.05, 0.1) is 4.90 Å². The van der Waals surface area contributed by atoms with Crippen molar-refractivity contribution in [1.82, 2.24) is 14.9 Å². The summed E-state index contributed by atoms with van der Waals surface area (Å²) in [7, 11) is -3.55. The van der Waals surface area contributed by atoms with E-state index < -0.39 is 16.1 Å². The van der Waals surface area contributed by atoms with Crippen LogP contribution in [0.5, 0.6) is 0 Å². The quantitative estimate of drug-likeness (QED) is 0.273. The highest BCUT2D eigenvalue weighted by Crippen LogP contribution is 2.25. The molecule has 0 aliphatic heterocycles. The van der Waals surface area contributed by atoms with Crippen LogP contribution in [0, 0.1) is 0 Å². The van der Waals surface area contributed by atoms with Crippen LogP contribution in [-0.4, -0.2) is 49.9 Å². The number of aryl methyl sites for hydroxylation is 1. The largest absolute Gasteiger partial charge is 0.396 e. The summed E-state index contributed by atoms with van der Waals surface area (Å²) >= 11 is 0. The van der Waals surface area contributed by atoms with Gasteiger partial charge < -0.3 is 15.3 Å². The average molecular weight is 538 g/mol. The third kappa shape index (κ3) is 8.24. The number of amides is 2. The molecule has 0 saturated carbocycles. The average Bonchev–Trinajstić information content (AvgIpc) is 2.93. The molecule has 0 saturated heterocycles. The molecule has 38 heavy (non-hydrogen) atoms. The maximum absolute atomic E-state index is 13.7. The minimum absolute atomic E-state index is 0.0441. The molecule has 3 aromatic carbocycles. The van der Waals surface area contributed by atoms with Crippen LogP contribution in [0.2, 0.25) is 0 Å². The van der Waals surface area contributed by atoms with Gasteiger partial charge in [-0.15, -0.1) is 0 Å². The zero-order chi connectivity index (χ0) is 27.4. The van der Waals surface area contributed by atoms with Gasteiger partial charge in [0.25, 0.3) is 0 Å². The van der Waals surface area contributed by atoms with Crippen molar-refractivity contribution in [3.05, 3.63) is 102 Å². The smallest absolute Gasteiger partial charge is 0.247 e. The van der Waals surface area contributed by atoms with E-state index in [1.807, 2.05) is 60.7 Å². The van der Waals surface area contributed by atoms with Crippen molar-refractivity contribution in [2.75, 3.05) is 19.7 Å². The molecule has 1 atom stereocenters. The summed E-state index contributed by atoms with van der Waals surface area (Å²) in [5, 5.41) is 12.0. The van der Waals surface area contributed by atoms with Gasteiger partial charge in [-0.2, -0.15) is 0 Å². The number of carbonyl (C=O) groups is 2. The SMILES string of the molecule is CCNS(=O)(=O)c1ccc(CCC(=O)N(Cc2ccccc2)[C@@H](C(=O)NCCCO)c2ccccc2)cc1. The molecule has 0 aliphatic rings. The molecule has 0 unspecified atom stereocenters. The standard InChI is InChI=1S/C29H35N3O5S/c1-2-31-38(36,37)26-17-14-23(15-18-26)16-19-27(34)32(22-24-10-5-3-6-11-24)28(25-12-7-4-8-13-25)29(35)30-20-9-21-33/h3-8,10-15,17-18,28,31,33H,2,9,16,19-22H2,1H3,(H,30,35)/t28-/m1/s1. The van der Waals surface area contributed by atoms with Crippen molar-refractivity contribution in [3.63, 3.8) is 0 Å². The summed E-state index contributed by atoms with van der Waals surface area (Å²) in [5.74, 6) is -0.517. The van der Waals surface area contributed by atoms with Crippen molar-refractivity contribution in [3.8, 4) is 0 Å². The number of rotatable bonds is 14. The first-order chi connectivity index (χ1) is 18.4. The molecule has 8 nitrogen and oxygen atoms in total. The van der Waals surface area contributed by atoms with Gasteiger partial charge >= 0.3 is 0 Å². The van der Waals surface area contributed by atoms with Gasteiger partial charge in [0.1, 0.15) is 6.04 Å². The van der Waals surface area contributed by atoms with Crippen LogP contribution in [0.15, 0.2) is 89.8 Å². The summed E-state index contributed by atoms with van der Waals surface area (Å²) in [6.45, 7) is 2.51. The maximum Gasteiger partial charge on any atom is 0.247 e. The predicted molar refractivity (Wildman–Crippen MR) is 147 cm³/mol. The van der Waals surface area contributed by atoms with Gasteiger partial charge in [0, 0.05) is 32.7 Å². The van der Waals surface area contributed by atoms with E-state index >= 15 is 0 Å². The van der Waals surface area contributed by atoms with Crippen LogP contribution < -0.4 is 10.0 Å². The second kappa shape index (κ2) is 14.4. The second-order valence-electron chi connectivity index (χ2n) is 8.83. The van der Waals surface area contributed by atoms with Gasteiger partial charge in [0.15, 0.2) is 0 Å². The Hall–Kier alpha value is -3.53. The minimum Gasteiger partial charge on any atom is -0.396 e. The summed E-state index contributed by atoms with van der Waals surface area (Å²) < 4.78 is 26.9. The Balaban J connectivity index is 1.85. The topological polar surface area (TPSA) is 116 Å². The second-order valence-corrected chi connectivity index (χ2v) is 10.6. The van der Waals surface area contributed by atoms with E-state index in [0.717, 1.165) is 11.1 Å². The van der Waals surface area contributed by atoms with Gasteiger partial charge in [-0.05, 0) is 41.7 Å². The number of hydrogen-bond donors (Lipinski definition) is 3. The molecular formula is C29H35N3O5S. The molecule has 0 aliphatic carbocycles. The Kier molecular flexibility index (Phi) is 11.0. The fourth-order valence-electron chi connectivity index (χ4n) is 4.10. The van der Waals surface area contributed by atoms with E-state index in [1.165, 1.54) is 12.1 Å². The normalized spacial score (nSPS) is 12.1. The number of sulfonamides is 1. The van der Waals surface area contributed by atoms with E-state index in [0.29, 0.717) is 31.5 Å². The Morgan fingerprint density at radius 2 is 1.53 bits per heavy atom. The van der Waals surface area contributed by atoms with Crippen LogP contribution in [0.3, 0.4) is 0 Å². The highest BCUT2D eigenvalue weighted by Gasteiger charge is 2.31.